The molecule has 10 nitrogen and oxygen atoms in total. The predicted octanol–water partition coefficient (Wildman–Crippen LogP) is 1.43. The van der Waals surface area contributed by atoms with Crippen LogP contribution in [0.2, 0.25) is 0 Å². The van der Waals surface area contributed by atoms with Crippen LogP contribution >= 0.6 is 12.4 Å². The Bertz CT molecular complexity index is 1420. The Morgan fingerprint density at radius 2 is 1.64 bits per heavy atom. The van der Waals surface area contributed by atoms with Crippen LogP contribution in [0.5, 0.6) is 0 Å². The second-order valence-corrected chi connectivity index (χ2v) is 9.74. The predicted molar refractivity (Wildman–Crippen MR) is 130 cm³/mol. The molecule has 1 aromatic heterocycles. The standard InChI is InChI=1S/C18H17N3O7S2.ClH.2Na.2H/c19-10-8-15(21(9-10)11-4-5-11)18(22)20-14-7-6-12-13(17(14)30(26,27)28)2-1-3-16(12)29(23,24)25;;;;;/h1-3,6-9,11H,4-5,19H2,(H,20,22)(H,23,24,25)(H,26,27,28);1H;;;;. The Labute approximate surface area is 240 Å². The normalized spacial score (nSPS) is 13.4. The van der Waals surface area contributed by atoms with Crippen LogP contribution in [-0.2, 0) is 20.2 Å². The molecule has 0 aliphatic heterocycles. The van der Waals surface area contributed by atoms with Crippen LogP contribution in [0.4, 0.5) is 11.4 Å². The number of benzene rings is 2. The van der Waals surface area contributed by atoms with Crippen molar-refractivity contribution in [3.05, 3.63) is 48.3 Å². The van der Waals surface area contributed by atoms with E-state index >= 15 is 0 Å². The first-order valence-electron chi connectivity index (χ1n) is 8.76. The summed E-state index contributed by atoms with van der Waals surface area (Å²) in [7, 11) is -9.54. The first kappa shape index (κ1) is 30.4. The van der Waals surface area contributed by atoms with E-state index in [1.807, 2.05) is 0 Å². The number of rotatable bonds is 5. The van der Waals surface area contributed by atoms with Gasteiger partial charge < -0.3 is 15.6 Å². The zero-order chi connectivity index (χ0) is 21.8. The number of hydrogen-bond acceptors (Lipinski definition) is 6. The van der Waals surface area contributed by atoms with E-state index in [9.17, 15) is 30.7 Å². The van der Waals surface area contributed by atoms with E-state index < -0.39 is 35.9 Å². The van der Waals surface area contributed by atoms with Gasteiger partial charge in [0.2, 0.25) is 0 Å². The van der Waals surface area contributed by atoms with Gasteiger partial charge in [-0.3, -0.25) is 13.9 Å². The average Bonchev–Trinajstić information content (AvgIpc) is 3.40. The fraction of sp³-hybridized carbons (Fsp3) is 0.167. The molecule has 0 bridgehead atoms. The van der Waals surface area contributed by atoms with Gasteiger partial charge in [0.05, 0.1) is 11.4 Å². The third-order valence-electron chi connectivity index (χ3n) is 4.80. The summed E-state index contributed by atoms with van der Waals surface area (Å²) in [5.41, 5.74) is 6.14. The van der Waals surface area contributed by atoms with E-state index in [2.05, 4.69) is 5.32 Å². The molecule has 33 heavy (non-hydrogen) atoms. The minimum atomic E-state index is -4.88. The Kier molecular flexibility index (Phi) is 10.1. The average molecular weight is 536 g/mol. The van der Waals surface area contributed by atoms with Crippen molar-refractivity contribution in [2.45, 2.75) is 28.7 Å². The third kappa shape index (κ3) is 6.33. The summed E-state index contributed by atoms with van der Waals surface area (Å²) in [6, 6.07) is 7.53. The molecule has 1 aliphatic carbocycles. The molecule has 5 N–H and O–H groups in total. The first-order chi connectivity index (χ1) is 14.0. The third-order valence-corrected chi connectivity index (χ3v) is 6.67. The van der Waals surface area contributed by atoms with Crippen LogP contribution in [0, 0.1) is 0 Å². The van der Waals surface area contributed by atoms with Crippen molar-refractivity contribution in [3.8, 4) is 0 Å². The number of halogens is 1. The number of nitrogens with two attached hydrogens (primary N) is 1. The van der Waals surface area contributed by atoms with E-state index in [0.29, 0.717) is 5.69 Å². The van der Waals surface area contributed by atoms with E-state index in [4.69, 9.17) is 5.73 Å². The number of anilines is 2. The number of nitrogen functional groups attached to an aromatic ring is 1. The van der Waals surface area contributed by atoms with Gasteiger partial charge in [0.1, 0.15) is 15.5 Å². The molecule has 0 saturated heterocycles. The number of hydrogen-bond donors (Lipinski definition) is 4. The Hall–Kier alpha value is -0.640. The maximum atomic E-state index is 12.8. The summed E-state index contributed by atoms with van der Waals surface area (Å²) in [5.74, 6) is -0.645. The van der Waals surface area contributed by atoms with E-state index in [0.717, 1.165) is 25.0 Å². The Balaban J connectivity index is 0.00000181. The van der Waals surface area contributed by atoms with Gasteiger partial charge in [-0.1, -0.05) is 18.2 Å². The molecule has 0 unspecified atom stereocenters. The molecule has 0 atom stereocenters. The monoisotopic (exact) mass is 535 g/mol. The molecule has 3 aromatic rings. The topological polar surface area (TPSA) is 169 Å². The fourth-order valence-corrected chi connectivity index (χ4v) is 4.99. The summed E-state index contributed by atoms with van der Waals surface area (Å²) in [4.78, 5) is 11.6. The fourth-order valence-electron chi connectivity index (χ4n) is 3.43. The molecule has 15 heteroatoms. The summed E-state index contributed by atoms with van der Waals surface area (Å²) >= 11 is 0. The van der Waals surface area contributed by atoms with Crippen LogP contribution < -0.4 is 11.1 Å². The van der Waals surface area contributed by atoms with Crippen LogP contribution in [0.1, 0.15) is 29.4 Å². The summed E-state index contributed by atoms with van der Waals surface area (Å²) in [6.07, 6.45) is 3.40. The van der Waals surface area contributed by atoms with E-state index in [1.54, 1.807) is 10.8 Å². The minimum absolute atomic E-state index is 0. The number of nitrogens with one attached hydrogen (secondary N) is 1. The van der Waals surface area contributed by atoms with Crippen LogP contribution in [-0.4, -0.2) is 95.5 Å². The number of carbonyl (C=O) groups is 1. The summed E-state index contributed by atoms with van der Waals surface area (Å²) < 4.78 is 68.4. The number of aromatic nitrogens is 1. The molecule has 0 spiro atoms. The molecular formula is C18H20ClN3Na2O7S2. The van der Waals surface area contributed by atoms with Gasteiger partial charge >= 0.3 is 59.1 Å². The van der Waals surface area contributed by atoms with Crippen molar-refractivity contribution >= 4 is 120 Å². The molecule has 170 valence electrons. The molecule has 2 aromatic carbocycles. The van der Waals surface area contributed by atoms with Crippen molar-refractivity contribution in [2.75, 3.05) is 11.1 Å². The molecular weight excluding hydrogens is 516 g/mol. The van der Waals surface area contributed by atoms with Gasteiger partial charge in [-0.05, 0) is 31.0 Å². The zero-order valence-electron chi connectivity index (χ0n) is 15.7. The van der Waals surface area contributed by atoms with Crippen molar-refractivity contribution < 1.29 is 30.7 Å². The van der Waals surface area contributed by atoms with Crippen LogP contribution in [0.25, 0.3) is 10.8 Å². The Morgan fingerprint density at radius 3 is 2.18 bits per heavy atom. The molecule has 1 saturated carbocycles. The quantitative estimate of drug-likeness (QED) is 0.281. The molecule has 1 fully saturated rings. The first-order valence-corrected chi connectivity index (χ1v) is 11.6. The van der Waals surface area contributed by atoms with E-state index in [-0.39, 0.29) is 99.7 Å². The number of carbonyl (C=O) groups excluding carboxylic acids is 1. The van der Waals surface area contributed by atoms with Gasteiger partial charge in [-0.25, -0.2) is 0 Å². The Morgan fingerprint density at radius 1 is 1.00 bits per heavy atom. The summed E-state index contributed by atoms with van der Waals surface area (Å²) in [6.45, 7) is 0. The summed E-state index contributed by atoms with van der Waals surface area (Å²) in [5, 5.41) is 2.15. The molecule has 0 radical (unpaired) electrons. The van der Waals surface area contributed by atoms with E-state index in [1.165, 1.54) is 24.3 Å². The van der Waals surface area contributed by atoms with Crippen molar-refractivity contribution in [3.63, 3.8) is 0 Å². The van der Waals surface area contributed by atoms with Crippen molar-refractivity contribution in [1.82, 2.24) is 4.57 Å². The van der Waals surface area contributed by atoms with Gasteiger partial charge in [0.25, 0.3) is 26.1 Å². The van der Waals surface area contributed by atoms with Gasteiger partial charge in [0.15, 0.2) is 0 Å². The zero-order valence-corrected chi connectivity index (χ0v) is 18.2. The maximum absolute atomic E-state index is 12.8. The molecule has 4 rings (SSSR count). The number of nitrogens with zero attached hydrogens (tertiary/aromatic N) is 1. The second kappa shape index (κ2) is 11.0. The van der Waals surface area contributed by atoms with Crippen molar-refractivity contribution in [2.24, 2.45) is 0 Å². The van der Waals surface area contributed by atoms with Gasteiger partial charge in [-0.2, -0.15) is 16.8 Å². The molecule has 1 aliphatic rings. The number of fused-ring (bicyclic) bond motifs is 1. The second-order valence-electron chi connectivity index (χ2n) is 6.99. The molecule has 1 amide bonds. The SMILES string of the molecule is Cl.Nc1cc(C(=O)Nc2ccc3c(S(=O)(=O)O)cccc3c2S(=O)(=O)O)n(C2CC2)c1.[NaH].[NaH]. The number of amides is 1. The van der Waals surface area contributed by atoms with Crippen LogP contribution in [0.15, 0.2) is 52.4 Å². The van der Waals surface area contributed by atoms with Crippen LogP contribution in [0.3, 0.4) is 0 Å². The molecule has 1 heterocycles. The van der Waals surface area contributed by atoms with Gasteiger partial charge in [0, 0.05) is 23.0 Å². The van der Waals surface area contributed by atoms with Gasteiger partial charge in [-0.15, -0.1) is 12.4 Å². The van der Waals surface area contributed by atoms with Crippen molar-refractivity contribution in [1.29, 1.82) is 0 Å².